The van der Waals surface area contributed by atoms with Gasteiger partial charge in [0.05, 0.1) is 6.61 Å². The van der Waals surface area contributed by atoms with Crippen LogP contribution in [0.1, 0.15) is 82.4 Å². The lowest BCUT2D eigenvalue weighted by atomic mass is 9.74. The van der Waals surface area contributed by atoms with Crippen molar-refractivity contribution < 1.29 is 23.8 Å². The Hall–Kier alpha value is -3.88. The topological polar surface area (TPSA) is 111 Å². The molecule has 2 N–H and O–H groups in total. The molecule has 2 amide bonds. The highest BCUT2D eigenvalue weighted by Crippen LogP contribution is 2.65. The van der Waals surface area contributed by atoms with Crippen LogP contribution in [-0.4, -0.2) is 41.8 Å². The van der Waals surface area contributed by atoms with Gasteiger partial charge in [0.25, 0.3) is 11.9 Å². The van der Waals surface area contributed by atoms with Crippen LogP contribution in [0.25, 0.3) is 5.57 Å². The van der Waals surface area contributed by atoms with Crippen molar-refractivity contribution in [1.29, 1.82) is 0 Å². The van der Waals surface area contributed by atoms with E-state index >= 15 is 0 Å². The van der Waals surface area contributed by atoms with Crippen molar-refractivity contribution in [2.75, 3.05) is 18.5 Å². The molecule has 3 heterocycles. The molecular weight excluding hydrogens is 496 g/mol. The molecule has 2 spiro atoms. The molecule has 1 saturated carbocycles. The number of aromatic nitrogens is 1. The number of nitrogens with zero attached hydrogens (tertiary/aromatic N) is 2. The predicted molar refractivity (Wildman–Crippen MR) is 149 cm³/mol. The van der Waals surface area contributed by atoms with Crippen LogP contribution in [0.4, 0.5) is 10.5 Å². The second-order valence-electron chi connectivity index (χ2n) is 11.6. The molecule has 1 unspecified atom stereocenters. The fourth-order valence-corrected chi connectivity index (χ4v) is 5.12. The minimum Gasteiger partial charge on any atom is -0.493 e. The molecular formula is C30H36N4O5. The van der Waals surface area contributed by atoms with Crippen molar-refractivity contribution in [3.8, 4) is 5.75 Å². The number of carbonyl (C=O) groups excluding carboxylic acids is 2. The summed E-state index contributed by atoms with van der Waals surface area (Å²) in [6.45, 7) is 12.5. The Balaban J connectivity index is 1.39. The molecule has 206 valence electrons. The van der Waals surface area contributed by atoms with Crippen molar-refractivity contribution in [3.63, 3.8) is 0 Å². The van der Waals surface area contributed by atoms with E-state index in [1.807, 2.05) is 18.2 Å². The quantitative estimate of drug-likeness (QED) is 0.514. The summed E-state index contributed by atoms with van der Waals surface area (Å²) in [6.07, 6.45) is 3.94. The van der Waals surface area contributed by atoms with Crippen molar-refractivity contribution >= 4 is 29.3 Å². The first-order chi connectivity index (χ1) is 18.5. The van der Waals surface area contributed by atoms with E-state index in [-0.39, 0.29) is 24.0 Å². The van der Waals surface area contributed by atoms with Crippen LogP contribution >= 0.6 is 0 Å². The summed E-state index contributed by atoms with van der Waals surface area (Å²) in [7, 11) is 0. The minimum atomic E-state index is -0.730. The van der Waals surface area contributed by atoms with Gasteiger partial charge in [-0.25, -0.2) is 15.1 Å². The van der Waals surface area contributed by atoms with Gasteiger partial charge in [0.15, 0.2) is 0 Å². The van der Waals surface area contributed by atoms with Crippen LogP contribution in [0, 0.1) is 5.41 Å². The van der Waals surface area contributed by atoms with Gasteiger partial charge in [-0.1, -0.05) is 18.6 Å². The molecule has 3 aliphatic rings. The molecule has 1 aromatic carbocycles. The molecule has 0 saturated heterocycles. The number of rotatable bonds is 4. The maximum Gasteiger partial charge on any atom is 0.415 e. The number of benzene rings is 1. The van der Waals surface area contributed by atoms with Gasteiger partial charge in [0.1, 0.15) is 29.2 Å². The third kappa shape index (κ3) is 5.10. The average molecular weight is 533 g/mol. The third-order valence-corrected chi connectivity index (χ3v) is 7.84. The van der Waals surface area contributed by atoms with Crippen LogP contribution in [0.2, 0.25) is 0 Å². The molecule has 2 aliphatic heterocycles. The van der Waals surface area contributed by atoms with E-state index in [4.69, 9.17) is 19.2 Å². The Labute approximate surface area is 229 Å². The summed E-state index contributed by atoms with van der Waals surface area (Å²) in [5.74, 6) is 0.383. The van der Waals surface area contributed by atoms with Crippen molar-refractivity contribution in [2.45, 2.75) is 71.9 Å². The average Bonchev–Trinajstić information content (AvgIpc) is 3.57. The van der Waals surface area contributed by atoms with E-state index in [9.17, 15) is 9.59 Å². The zero-order chi connectivity index (χ0) is 28.0. The second-order valence-corrected chi connectivity index (χ2v) is 11.6. The lowest BCUT2D eigenvalue weighted by Crippen LogP contribution is -2.44. The number of amides is 2. The SMILES string of the molecule is CC/C(C)=C(\C)c1ccc(C(=O)Nc2ccc3c(c2)C2(COC(NC(=O)OC(C)(C)C)=N2)C2(CC2)CO3)nc1. The summed E-state index contributed by atoms with van der Waals surface area (Å²) in [5.41, 5.74) is 3.62. The van der Waals surface area contributed by atoms with Crippen LogP contribution < -0.4 is 15.4 Å². The first-order valence-electron chi connectivity index (χ1n) is 13.4. The van der Waals surface area contributed by atoms with Crippen molar-refractivity contribution in [1.82, 2.24) is 10.3 Å². The van der Waals surface area contributed by atoms with Gasteiger partial charge >= 0.3 is 6.09 Å². The summed E-state index contributed by atoms with van der Waals surface area (Å²) in [5, 5.41) is 5.61. The first kappa shape index (κ1) is 26.7. The summed E-state index contributed by atoms with van der Waals surface area (Å²) in [6, 6.07) is 9.33. The number of anilines is 1. The summed E-state index contributed by atoms with van der Waals surface area (Å²) < 4.78 is 17.4. The molecule has 9 nitrogen and oxygen atoms in total. The van der Waals surface area contributed by atoms with Crippen LogP contribution in [0.15, 0.2) is 47.1 Å². The molecule has 1 aliphatic carbocycles. The number of fused-ring (bicyclic) bond motifs is 3. The standard InChI is InChI=1S/C30H36N4O5/c1-7-18(2)19(3)20-8-10-23(31-15-20)25(35)32-21-9-11-24-22(14-21)30(29(12-13-29)16-37-24)17-38-26(34-30)33-27(36)39-28(4,5)6/h8-11,14-15H,7,12-13,16-17H2,1-6H3,(H,32,35)(H,33,34,36)/b19-18+. The van der Waals surface area contributed by atoms with E-state index in [0.717, 1.165) is 30.4 Å². The summed E-state index contributed by atoms with van der Waals surface area (Å²) >= 11 is 0. The molecule has 1 atom stereocenters. The van der Waals surface area contributed by atoms with Gasteiger partial charge in [-0.3, -0.25) is 9.78 Å². The molecule has 5 rings (SSSR count). The monoisotopic (exact) mass is 532 g/mol. The highest BCUT2D eigenvalue weighted by Gasteiger charge is 2.66. The first-order valence-corrected chi connectivity index (χ1v) is 13.4. The number of carbonyl (C=O) groups is 2. The van der Waals surface area contributed by atoms with Crippen molar-refractivity contribution in [2.24, 2.45) is 10.4 Å². The number of alkyl carbamates (subject to hydrolysis) is 1. The van der Waals surface area contributed by atoms with Gasteiger partial charge in [0, 0.05) is 22.9 Å². The van der Waals surface area contributed by atoms with E-state index in [1.165, 1.54) is 11.1 Å². The maximum atomic E-state index is 13.1. The predicted octanol–water partition coefficient (Wildman–Crippen LogP) is 5.82. The molecule has 1 fully saturated rings. The van der Waals surface area contributed by atoms with Crippen molar-refractivity contribution in [3.05, 3.63) is 58.9 Å². The number of nitrogens with one attached hydrogen (secondary N) is 2. The number of hydrogen-bond donors (Lipinski definition) is 2. The molecule has 0 bridgehead atoms. The maximum absolute atomic E-state index is 13.1. The molecule has 39 heavy (non-hydrogen) atoms. The Bertz CT molecular complexity index is 1370. The van der Waals surface area contributed by atoms with Crippen LogP contribution in [0.5, 0.6) is 5.75 Å². The van der Waals surface area contributed by atoms with E-state index in [1.54, 1.807) is 39.1 Å². The Morgan fingerprint density at radius 2 is 1.82 bits per heavy atom. The Morgan fingerprint density at radius 3 is 2.46 bits per heavy atom. The minimum absolute atomic E-state index is 0.129. The van der Waals surface area contributed by atoms with Crippen LogP contribution in [0.3, 0.4) is 0 Å². The zero-order valence-electron chi connectivity index (χ0n) is 23.4. The van der Waals surface area contributed by atoms with E-state index in [0.29, 0.717) is 23.7 Å². The number of allylic oxidation sites excluding steroid dienone is 2. The van der Waals surface area contributed by atoms with Gasteiger partial charge in [-0.05, 0) is 89.3 Å². The third-order valence-electron chi connectivity index (χ3n) is 7.84. The fraction of sp³-hybridized carbons (Fsp3) is 0.467. The van der Waals surface area contributed by atoms with E-state index < -0.39 is 17.2 Å². The highest BCUT2D eigenvalue weighted by molar-refractivity contribution is 6.03. The normalized spacial score (nSPS) is 21.2. The number of aliphatic imine (C=N–C) groups is 1. The Morgan fingerprint density at radius 1 is 1.05 bits per heavy atom. The zero-order valence-corrected chi connectivity index (χ0v) is 23.4. The number of amidine groups is 1. The Kier molecular flexibility index (Phi) is 6.64. The number of pyridine rings is 1. The lowest BCUT2D eigenvalue weighted by molar-refractivity contribution is 0.0546. The second kappa shape index (κ2) is 9.70. The molecule has 2 aromatic rings. The fourth-order valence-electron chi connectivity index (χ4n) is 5.12. The van der Waals surface area contributed by atoms with E-state index in [2.05, 4.69) is 36.4 Å². The van der Waals surface area contributed by atoms with Crippen LogP contribution in [-0.2, 0) is 15.0 Å². The van der Waals surface area contributed by atoms with Gasteiger partial charge in [-0.15, -0.1) is 0 Å². The molecule has 9 heteroatoms. The molecule has 1 aromatic heterocycles. The number of ether oxygens (including phenoxy) is 3. The molecule has 0 radical (unpaired) electrons. The lowest BCUT2D eigenvalue weighted by Gasteiger charge is -2.39. The number of hydrogen-bond acceptors (Lipinski definition) is 7. The summed E-state index contributed by atoms with van der Waals surface area (Å²) in [4.78, 5) is 34.7. The highest BCUT2D eigenvalue weighted by atomic mass is 16.6. The largest absolute Gasteiger partial charge is 0.493 e. The smallest absolute Gasteiger partial charge is 0.415 e. The van der Waals surface area contributed by atoms with Gasteiger partial charge in [0.2, 0.25) is 0 Å². The van der Waals surface area contributed by atoms with Gasteiger partial charge < -0.3 is 19.5 Å². The van der Waals surface area contributed by atoms with Gasteiger partial charge in [-0.2, -0.15) is 0 Å².